The lowest BCUT2D eigenvalue weighted by Crippen LogP contribution is -2.32. The summed E-state index contributed by atoms with van der Waals surface area (Å²) in [5.74, 6) is 0.307. The van der Waals surface area contributed by atoms with Gasteiger partial charge in [-0.05, 0) is 41.8 Å². The topological polar surface area (TPSA) is 53.3 Å². The lowest BCUT2D eigenvalue weighted by molar-refractivity contribution is -0.128. The van der Waals surface area contributed by atoms with Gasteiger partial charge in [0.1, 0.15) is 18.2 Å². The van der Waals surface area contributed by atoms with Gasteiger partial charge in [-0.25, -0.2) is 4.39 Å². The Kier molecular flexibility index (Phi) is 5.33. The van der Waals surface area contributed by atoms with Crippen molar-refractivity contribution in [2.24, 2.45) is 0 Å². The number of hydrogen-bond donors (Lipinski definition) is 0. The van der Waals surface area contributed by atoms with Gasteiger partial charge in [-0.3, -0.25) is 4.79 Å². The van der Waals surface area contributed by atoms with Crippen molar-refractivity contribution in [3.63, 3.8) is 0 Å². The highest BCUT2D eigenvalue weighted by Crippen LogP contribution is 2.25. The summed E-state index contributed by atoms with van der Waals surface area (Å²) in [5.41, 5.74) is 3.02. The molecular formula is C21H19FN2O2. The molecule has 4 nitrogen and oxygen atoms in total. The molecule has 0 spiro atoms. The molecule has 2 aromatic carbocycles. The molecule has 0 unspecified atom stereocenters. The van der Waals surface area contributed by atoms with E-state index in [2.05, 4.69) is 6.08 Å². The lowest BCUT2D eigenvalue weighted by Gasteiger charge is -2.25. The van der Waals surface area contributed by atoms with Crippen LogP contribution in [0.1, 0.15) is 30.0 Å². The Morgan fingerprint density at radius 1 is 1.27 bits per heavy atom. The van der Waals surface area contributed by atoms with Crippen LogP contribution in [0.3, 0.4) is 0 Å². The summed E-state index contributed by atoms with van der Waals surface area (Å²) in [7, 11) is 0. The van der Waals surface area contributed by atoms with Crippen molar-refractivity contribution >= 4 is 11.5 Å². The van der Waals surface area contributed by atoms with Gasteiger partial charge < -0.3 is 9.64 Å². The fourth-order valence-electron chi connectivity index (χ4n) is 2.88. The molecule has 1 amide bonds. The standard InChI is InChI=1S/C21H19FN2O2/c1-15(25)24-10-8-18(9-11-24)17-4-6-20(7-5-17)26-14-19-3-2-16(13-23)12-21(19)22/h2-8,12H,9-11,14H2,1H3. The molecule has 0 radical (unpaired) electrons. The summed E-state index contributed by atoms with van der Waals surface area (Å²) in [6.45, 7) is 3.06. The van der Waals surface area contributed by atoms with E-state index >= 15 is 0 Å². The number of nitrogens with zero attached hydrogens (tertiary/aromatic N) is 2. The molecule has 0 aromatic heterocycles. The molecule has 0 saturated heterocycles. The molecule has 1 aliphatic heterocycles. The van der Waals surface area contributed by atoms with Crippen molar-refractivity contribution in [1.29, 1.82) is 5.26 Å². The van der Waals surface area contributed by atoms with Crippen LogP contribution in [0.4, 0.5) is 4.39 Å². The van der Waals surface area contributed by atoms with Gasteiger partial charge in [0.2, 0.25) is 5.91 Å². The van der Waals surface area contributed by atoms with E-state index in [1.54, 1.807) is 19.1 Å². The van der Waals surface area contributed by atoms with Crippen molar-refractivity contribution in [3.8, 4) is 11.8 Å². The molecule has 1 aliphatic rings. The minimum absolute atomic E-state index is 0.0964. The SMILES string of the molecule is CC(=O)N1CC=C(c2ccc(OCc3ccc(C#N)cc3F)cc2)CC1. The van der Waals surface area contributed by atoms with Crippen LogP contribution in [0.25, 0.3) is 5.57 Å². The average molecular weight is 350 g/mol. The van der Waals surface area contributed by atoms with Gasteiger partial charge in [-0.2, -0.15) is 5.26 Å². The number of carbonyl (C=O) groups excluding carboxylic acids is 1. The highest BCUT2D eigenvalue weighted by molar-refractivity contribution is 5.76. The van der Waals surface area contributed by atoms with Gasteiger partial charge in [0.05, 0.1) is 11.6 Å². The Morgan fingerprint density at radius 2 is 2.04 bits per heavy atom. The second-order valence-electron chi connectivity index (χ2n) is 6.18. The fourth-order valence-corrected chi connectivity index (χ4v) is 2.88. The number of rotatable bonds is 4. The Balaban J connectivity index is 1.62. The molecule has 1 heterocycles. The molecule has 0 saturated carbocycles. The smallest absolute Gasteiger partial charge is 0.219 e. The zero-order valence-electron chi connectivity index (χ0n) is 14.5. The average Bonchev–Trinajstić information content (AvgIpc) is 2.67. The summed E-state index contributed by atoms with van der Waals surface area (Å²) >= 11 is 0. The van der Waals surface area contributed by atoms with Crippen LogP contribution < -0.4 is 4.74 Å². The molecule has 0 fully saturated rings. The van der Waals surface area contributed by atoms with Gasteiger partial charge in [0.15, 0.2) is 0 Å². The van der Waals surface area contributed by atoms with Crippen molar-refractivity contribution in [3.05, 3.63) is 71.0 Å². The minimum Gasteiger partial charge on any atom is -0.489 e. The predicted molar refractivity (Wildman–Crippen MR) is 96.7 cm³/mol. The van der Waals surface area contributed by atoms with Crippen molar-refractivity contribution in [1.82, 2.24) is 4.90 Å². The quantitative estimate of drug-likeness (QED) is 0.840. The molecule has 0 aliphatic carbocycles. The Morgan fingerprint density at radius 3 is 2.62 bits per heavy atom. The van der Waals surface area contributed by atoms with Crippen LogP contribution >= 0.6 is 0 Å². The first-order chi connectivity index (χ1) is 12.6. The van der Waals surface area contributed by atoms with Gasteiger partial charge in [-0.15, -0.1) is 0 Å². The summed E-state index contributed by atoms with van der Waals surface area (Å²) < 4.78 is 19.5. The molecule has 132 valence electrons. The van der Waals surface area contributed by atoms with Crippen LogP contribution in [0.5, 0.6) is 5.75 Å². The summed E-state index contributed by atoms with van der Waals surface area (Å²) in [6, 6.07) is 13.9. The number of halogens is 1. The van der Waals surface area contributed by atoms with Crippen molar-refractivity contribution in [2.75, 3.05) is 13.1 Å². The monoisotopic (exact) mass is 350 g/mol. The zero-order chi connectivity index (χ0) is 18.5. The van der Waals surface area contributed by atoms with Crippen LogP contribution in [0, 0.1) is 17.1 Å². The second-order valence-corrected chi connectivity index (χ2v) is 6.18. The fraction of sp³-hybridized carbons (Fsp3) is 0.238. The highest BCUT2D eigenvalue weighted by Gasteiger charge is 2.14. The third kappa shape index (κ3) is 4.09. The Hall–Kier alpha value is -3.13. The van der Waals surface area contributed by atoms with Gasteiger partial charge in [0, 0.05) is 25.6 Å². The van der Waals surface area contributed by atoms with Gasteiger partial charge >= 0.3 is 0 Å². The van der Waals surface area contributed by atoms with Gasteiger partial charge in [-0.1, -0.05) is 24.3 Å². The Labute approximate surface area is 152 Å². The minimum atomic E-state index is -0.442. The van der Waals surface area contributed by atoms with Crippen LogP contribution in [-0.4, -0.2) is 23.9 Å². The van der Waals surface area contributed by atoms with Crippen molar-refractivity contribution in [2.45, 2.75) is 20.0 Å². The first-order valence-electron chi connectivity index (χ1n) is 8.43. The molecule has 5 heteroatoms. The molecular weight excluding hydrogens is 331 g/mol. The van der Waals surface area contributed by atoms with E-state index in [4.69, 9.17) is 10.00 Å². The molecule has 0 atom stereocenters. The molecule has 0 bridgehead atoms. The molecule has 26 heavy (non-hydrogen) atoms. The number of ether oxygens (including phenoxy) is 1. The zero-order valence-corrected chi connectivity index (χ0v) is 14.5. The maximum atomic E-state index is 13.9. The third-order valence-corrected chi connectivity index (χ3v) is 4.46. The summed E-state index contributed by atoms with van der Waals surface area (Å²) in [5, 5.41) is 8.76. The van der Waals surface area contributed by atoms with Gasteiger partial charge in [0.25, 0.3) is 0 Å². The van der Waals surface area contributed by atoms with E-state index in [1.807, 2.05) is 35.2 Å². The maximum Gasteiger partial charge on any atom is 0.219 e. The Bertz CT molecular complexity index is 882. The summed E-state index contributed by atoms with van der Waals surface area (Å²) in [6.07, 6.45) is 2.91. The highest BCUT2D eigenvalue weighted by atomic mass is 19.1. The van der Waals surface area contributed by atoms with Crippen molar-refractivity contribution < 1.29 is 13.9 Å². The lowest BCUT2D eigenvalue weighted by atomic mass is 9.99. The largest absolute Gasteiger partial charge is 0.489 e. The molecule has 2 aromatic rings. The number of hydrogen-bond acceptors (Lipinski definition) is 3. The predicted octanol–water partition coefficient (Wildman–Crippen LogP) is 3.91. The molecule has 3 rings (SSSR count). The van der Waals surface area contributed by atoms with E-state index in [0.29, 0.717) is 23.4 Å². The first-order valence-corrected chi connectivity index (χ1v) is 8.43. The normalized spacial score (nSPS) is 13.7. The number of benzene rings is 2. The van der Waals surface area contributed by atoms with Crippen LogP contribution in [-0.2, 0) is 11.4 Å². The number of nitriles is 1. The number of carbonyl (C=O) groups is 1. The molecule has 0 N–H and O–H groups in total. The van der Waals surface area contributed by atoms with Crippen LogP contribution in [0.15, 0.2) is 48.5 Å². The van der Waals surface area contributed by atoms with E-state index < -0.39 is 5.82 Å². The second kappa shape index (κ2) is 7.83. The van der Waals surface area contributed by atoms with E-state index in [-0.39, 0.29) is 12.5 Å². The number of amides is 1. The van der Waals surface area contributed by atoms with Crippen LogP contribution in [0.2, 0.25) is 0 Å². The van der Waals surface area contributed by atoms with E-state index in [9.17, 15) is 9.18 Å². The summed E-state index contributed by atoms with van der Waals surface area (Å²) in [4.78, 5) is 13.2. The van der Waals surface area contributed by atoms with E-state index in [0.717, 1.165) is 18.5 Å². The first kappa shape index (κ1) is 17.7. The maximum absolute atomic E-state index is 13.9. The third-order valence-electron chi connectivity index (χ3n) is 4.46. The van der Waals surface area contributed by atoms with E-state index in [1.165, 1.54) is 11.6 Å².